The molecule has 0 spiro atoms. The van der Waals surface area contributed by atoms with E-state index in [1.165, 1.54) is 19.2 Å². The summed E-state index contributed by atoms with van der Waals surface area (Å²) in [6.07, 6.45) is 1.43. The number of carbonyl (C=O) groups excluding carboxylic acids is 1. The lowest BCUT2D eigenvalue weighted by atomic mass is 10.2. The largest absolute Gasteiger partial charge is 0.503 e. The molecule has 0 bridgehead atoms. The Bertz CT molecular complexity index is 323. The van der Waals surface area contributed by atoms with Crippen LogP contribution in [0.5, 0.6) is 11.5 Å². The predicted molar refractivity (Wildman–Crippen MR) is 47.1 cm³/mol. The van der Waals surface area contributed by atoms with Crippen molar-refractivity contribution in [3.63, 3.8) is 0 Å². The normalized spacial score (nSPS) is 9.69. The molecule has 4 nitrogen and oxygen atoms in total. The van der Waals surface area contributed by atoms with Crippen LogP contribution in [0.3, 0.4) is 0 Å². The molecule has 1 aromatic rings. The van der Waals surface area contributed by atoms with E-state index in [0.29, 0.717) is 12.4 Å². The minimum absolute atomic E-state index is 0.0472. The van der Waals surface area contributed by atoms with Gasteiger partial charge in [-0.3, -0.25) is 4.79 Å². The third-order valence-electron chi connectivity index (χ3n) is 1.52. The number of ether oxygens (including phenoxy) is 1. The second-order valence-electron chi connectivity index (χ2n) is 2.50. The minimum atomic E-state index is -0.279. The predicted octanol–water partition coefficient (Wildman–Crippen LogP) is 1.39. The molecular weight excluding hydrogens is 170 g/mol. The quantitative estimate of drug-likeness (QED) is 0.716. The zero-order chi connectivity index (χ0) is 9.84. The fourth-order valence-electron chi connectivity index (χ4n) is 0.966. The maximum atomic E-state index is 10.9. The van der Waals surface area contributed by atoms with Gasteiger partial charge in [0.05, 0.1) is 6.61 Å². The maximum absolute atomic E-state index is 10.9. The molecule has 0 atom stereocenters. The lowest BCUT2D eigenvalue weighted by Crippen LogP contribution is -2.00. The Morgan fingerprint density at radius 3 is 2.92 bits per heavy atom. The Labute approximate surface area is 76.2 Å². The van der Waals surface area contributed by atoms with E-state index >= 15 is 0 Å². The summed E-state index contributed by atoms with van der Waals surface area (Å²) in [5.74, 6) is -0.168. The van der Waals surface area contributed by atoms with Crippen LogP contribution in [-0.2, 0) is 0 Å². The highest BCUT2D eigenvalue weighted by molar-refractivity contribution is 5.95. The van der Waals surface area contributed by atoms with Crippen LogP contribution in [0, 0.1) is 0 Å². The zero-order valence-electron chi connectivity index (χ0n) is 7.57. The Hall–Kier alpha value is -1.58. The first-order chi connectivity index (χ1) is 6.16. The highest BCUT2D eigenvalue weighted by Crippen LogP contribution is 2.27. The highest BCUT2D eigenvalue weighted by Gasteiger charge is 2.12. The molecule has 0 radical (unpaired) electrons. The number of aromatic hydroxyl groups is 1. The second kappa shape index (κ2) is 3.89. The summed E-state index contributed by atoms with van der Waals surface area (Å²) < 4.78 is 5.09. The number of hydrogen-bond donors (Lipinski definition) is 1. The molecule has 0 fully saturated rings. The minimum Gasteiger partial charge on any atom is -0.503 e. The van der Waals surface area contributed by atoms with E-state index in [0.717, 1.165) is 0 Å². The third kappa shape index (κ3) is 1.96. The van der Waals surface area contributed by atoms with Crippen molar-refractivity contribution in [2.45, 2.75) is 13.8 Å². The molecule has 1 heterocycles. The van der Waals surface area contributed by atoms with Crippen LogP contribution in [-0.4, -0.2) is 22.5 Å². The van der Waals surface area contributed by atoms with Crippen LogP contribution in [0.25, 0.3) is 0 Å². The molecule has 0 amide bonds. The van der Waals surface area contributed by atoms with Gasteiger partial charge in [0.15, 0.2) is 23.0 Å². The number of ketones is 1. The van der Waals surface area contributed by atoms with Gasteiger partial charge in [0.2, 0.25) is 0 Å². The van der Waals surface area contributed by atoms with Crippen LogP contribution < -0.4 is 4.74 Å². The number of carbonyl (C=O) groups is 1. The average molecular weight is 181 g/mol. The molecule has 70 valence electrons. The zero-order valence-corrected chi connectivity index (χ0v) is 7.57. The molecule has 0 aliphatic heterocycles. The van der Waals surface area contributed by atoms with Gasteiger partial charge in [0, 0.05) is 19.2 Å². The Morgan fingerprint density at radius 2 is 2.38 bits per heavy atom. The van der Waals surface area contributed by atoms with Gasteiger partial charge in [-0.25, -0.2) is 4.98 Å². The third-order valence-corrected chi connectivity index (χ3v) is 1.52. The molecule has 0 aliphatic carbocycles. The highest BCUT2D eigenvalue weighted by atomic mass is 16.5. The summed E-state index contributed by atoms with van der Waals surface area (Å²) in [6.45, 7) is 3.58. The molecule has 0 aromatic carbocycles. The summed E-state index contributed by atoms with van der Waals surface area (Å²) in [5.41, 5.74) is 0.0472. The van der Waals surface area contributed by atoms with E-state index < -0.39 is 0 Å². The van der Waals surface area contributed by atoms with Crippen molar-refractivity contribution in [2.75, 3.05) is 6.61 Å². The van der Waals surface area contributed by atoms with E-state index in [1.807, 2.05) is 0 Å². The van der Waals surface area contributed by atoms with Crippen LogP contribution in [0.2, 0.25) is 0 Å². The van der Waals surface area contributed by atoms with Crippen molar-refractivity contribution in [1.29, 1.82) is 0 Å². The fourth-order valence-corrected chi connectivity index (χ4v) is 0.966. The molecule has 0 aliphatic rings. The van der Waals surface area contributed by atoms with E-state index in [9.17, 15) is 9.90 Å². The number of aromatic nitrogens is 1. The lowest BCUT2D eigenvalue weighted by Gasteiger charge is -2.06. The summed E-state index contributed by atoms with van der Waals surface area (Å²) >= 11 is 0. The number of pyridine rings is 1. The maximum Gasteiger partial charge on any atom is 0.187 e. The van der Waals surface area contributed by atoms with Crippen LogP contribution in [0.15, 0.2) is 12.3 Å². The van der Waals surface area contributed by atoms with Crippen LogP contribution >= 0.6 is 0 Å². The van der Waals surface area contributed by atoms with E-state index in [-0.39, 0.29) is 17.2 Å². The van der Waals surface area contributed by atoms with Gasteiger partial charge in [0.1, 0.15) is 0 Å². The average Bonchev–Trinajstić information content (AvgIpc) is 2.08. The van der Waals surface area contributed by atoms with E-state index in [2.05, 4.69) is 4.98 Å². The Balaban J connectivity index is 3.10. The van der Waals surface area contributed by atoms with Crippen molar-refractivity contribution in [2.24, 2.45) is 0 Å². The van der Waals surface area contributed by atoms with Gasteiger partial charge in [0.25, 0.3) is 0 Å². The molecule has 0 saturated carbocycles. The number of rotatable bonds is 3. The first kappa shape index (κ1) is 9.51. The molecule has 13 heavy (non-hydrogen) atoms. The van der Waals surface area contributed by atoms with Gasteiger partial charge >= 0.3 is 0 Å². The first-order valence-corrected chi connectivity index (χ1v) is 3.98. The number of hydrogen-bond acceptors (Lipinski definition) is 4. The van der Waals surface area contributed by atoms with Crippen LogP contribution in [0.1, 0.15) is 24.3 Å². The standard InChI is InChI=1S/C9H11NO3/c1-3-13-7-4-5-10-8(6(2)11)9(7)12/h4-5,12H,3H2,1-2H3. The van der Waals surface area contributed by atoms with Gasteiger partial charge in [-0.15, -0.1) is 0 Å². The monoisotopic (exact) mass is 181 g/mol. The van der Waals surface area contributed by atoms with Crippen LogP contribution in [0.4, 0.5) is 0 Å². The summed E-state index contributed by atoms with van der Waals surface area (Å²) in [4.78, 5) is 14.7. The summed E-state index contributed by atoms with van der Waals surface area (Å²) in [7, 11) is 0. The first-order valence-electron chi connectivity index (χ1n) is 3.98. The Morgan fingerprint density at radius 1 is 1.69 bits per heavy atom. The molecule has 1 N–H and O–H groups in total. The summed E-state index contributed by atoms with van der Waals surface area (Å²) in [6, 6.07) is 1.52. The van der Waals surface area contributed by atoms with Crippen molar-refractivity contribution in [3.8, 4) is 11.5 Å². The topological polar surface area (TPSA) is 59.4 Å². The van der Waals surface area contributed by atoms with Crippen molar-refractivity contribution < 1.29 is 14.6 Å². The molecule has 0 unspecified atom stereocenters. The van der Waals surface area contributed by atoms with Gasteiger partial charge in [-0.2, -0.15) is 0 Å². The van der Waals surface area contributed by atoms with Crippen molar-refractivity contribution in [3.05, 3.63) is 18.0 Å². The fraction of sp³-hybridized carbons (Fsp3) is 0.333. The molecule has 4 heteroatoms. The second-order valence-corrected chi connectivity index (χ2v) is 2.50. The van der Waals surface area contributed by atoms with E-state index in [1.54, 1.807) is 6.92 Å². The van der Waals surface area contributed by atoms with Gasteiger partial charge < -0.3 is 9.84 Å². The number of nitrogens with zero attached hydrogens (tertiary/aromatic N) is 1. The summed E-state index contributed by atoms with van der Waals surface area (Å²) in [5, 5.41) is 9.48. The smallest absolute Gasteiger partial charge is 0.187 e. The lowest BCUT2D eigenvalue weighted by molar-refractivity contribution is 0.100. The van der Waals surface area contributed by atoms with Gasteiger partial charge in [-0.05, 0) is 6.92 Å². The Kier molecular flexibility index (Phi) is 2.84. The van der Waals surface area contributed by atoms with Crippen molar-refractivity contribution >= 4 is 5.78 Å². The van der Waals surface area contributed by atoms with Gasteiger partial charge in [-0.1, -0.05) is 0 Å². The molecule has 1 rings (SSSR count). The number of Topliss-reactive ketones (excluding diaryl/α,β-unsaturated/α-hetero) is 1. The molecule has 1 aromatic heterocycles. The van der Waals surface area contributed by atoms with E-state index in [4.69, 9.17) is 4.74 Å². The molecular formula is C9H11NO3. The SMILES string of the molecule is CCOc1ccnc(C(C)=O)c1O. The molecule has 0 saturated heterocycles. The van der Waals surface area contributed by atoms with Crippen molar-refractivity contribution in [1.82, 2.24) is 4.98 Å².